The maximum absolute atomic E-state index is 12.5. The van der Waals surface area contributed by atoms with E-state index in [4.69, 9.17) is 9.47 Å². The summed E-state index contributed by atoms with van der Waals surface area (Å²) in [7, 11) is 1.43. The topological polar surface area (TPSA) is 204 Å². The molecule has 1 aliphatic rings. The lowest BCUT2D eigenvalue weighted by Gasteiger charge is -2.42. The molecule has 15 heteroatoms. The van der Waals surface area contributed by atoms with E-state index in [1.54, 1.807) is 4.98 Å². The number of hydroxylamine groups is 2. The molecule has 2 aromatic rings. The van der Waals surface area contributed by atoms with Crippen molar-refractivity contribution in [3.05, 3.63) is 62.4 Å². The van der Waals surface area contributed by atoms with Crippen LogP contribution in [0.4, 0.5) is 4.39 Å². The number of nitrogens with zero attached hydrogens (tertiary/aromatic N) is 2. The summed E-state index contributed by atoms with van der Waals surface area (Å²) in [5.41, 5.74) is -6.48. The Hall–Kier alpha value is -3.18. The molecule has 0 radical (unpaired) electrons. The fourth-order valence-electron chi connectivity index (χ4n) is 3.58. The zero-order chi connectivity index (χ0) is 26.0. The Labute approximate surface area is 195 Å². The highest BCUT2D eigenvalue weighted by atomic mass is 19.1. The minimum atomic E-state index is -3.36. The molecule has 35 heavy (non-hydrogen) atoms. The van der Waals surface area contributed by atoms with Crippen molar-refractivity contribution in [1.29, 1.82) is 0 Å². The highest BCUT2D eigenvalue weighted by molar-refractivity contribution is 5.88. The van der Waals surface area contributed by atoms with Crippen LogP contribution >= 0.6 is 0 Å². The van der Waals surface area contributed by atoms with E-state index in [0.717, 1.165) is 0 Å². The maximum atomic E-state index is 12.5. The van der Waals surface area contributed by atoms with Crippen LogP contribution in [0.3, 0.4) is 0 Å². The fraction of sp³-hybridized carbons (Fsp3) is 0.450. The number of esters is 1. The maximum Gasteiger partial charge on any atom is 0.345 e. The summed E-state index contributed by atoms with van der Waals surface area (Å²) in [6.07, 6.45) is -3.52. The molecule has 0 amide bonds. The van der Waals surface area contributed by atoms with Gasteiger partial charge in [-0.3, -0.25) is 9.78 Å². The number of nitrogens with one attached hydrogen (secondary N) is 1. The number of carbonyl (C=O) groups excluding carboxylic acids is 1. The van der Waals surface area contributed by atoms with Gasteiger partial charge >= 0.3 is 17.6 Å². The molecular weight excluding hydrogens is 477 g/mol. The van der Waals surface area contributed by atoms with E-state index in [2.05, 4.69) is 4.74 Å². The molecule has 1 aromatic carbocycles. The minimum absolute atomic E-state index is 0.0633. The second-order valence-electron chi connectivity index (χ2n) is 7.52. The van der Waals surface area contributed by atoms with Crippen molar-refractivity contribution < 1.29 is 49.0 Å². The molecule has 14 nitrogen and oxygen atoms in total. The second kappa shape index (κ2) is 10.2. The van der Waals surface area contributed by atoms with Gasteiger partial charge in [0.05, 0.1) is 20.3 Å². The average molecular weight is 501 g/mol. The van der Waals surface area contributed by atoms with Crippen molar-refractivity contribution in [2.75, 3.05) is 27.0 Å². The van der Waals surface area contributed by atoms with Gasteiger partial charge in [-0.05, 0) is 17.7 Å². The Kier molecular flexibility index (Phi) is 7.71. The molecule has 1 aromatic heterocycles. The van der Waals surface area contributed by atoms with Crippen molar-refractivity contribution >= 4 is 5.97 Å². The molecule has 0 aliphatic carbocycles. The number of alkyl halides is 1. The van der Waals surface area contributed by atoms with E-state index in [0.29, 0.717) is 17.5 Å². The van der Waals surface area contributed by atoms with Crippen LogP contribution in [0.25, 0.3) is 0 Å². The minimum Gasteiger partial charge on any atom is -0.497 e. The van der Waals surface area contributed by atoms with E-state index in [9.17, 15) is 44.4 Å². The highest BCUT2D eigenvalue weighted by Gasteiger charge is 2.70. The first-order valence-electron chi connectivity index (χ1n) is 10.1. The van der Waals surface area contributed by atoms with Crippen LogP contribution in [0.2, 0.25) is 0 Å². The average Bonchev–Trinajstić information content (AvgIpc) is 3.05. The summed E-state index contributed by atoms with van der Waals surface area (Å²) in [5, 5.41) is 53.6. The molecule has 0 saturated carbocycles. The van der Waals surface area contributed by atoms with Crippen molar-refractivity contribution in [1.82, 2.24) is 14.6 Å². The molecule has 4 atom stereocenters. The SMILES string of the molecule is COc1ccc(CN(O)[C@@]2(O)[C@H](O)[C@@H](CO)O[C@@]2(O)n2cc(C(=O)OCCF)c(=O)[nH]c2=O)cc1. The third-order valence-electron chi connectivity index (χ3n) is 5.42. The molecule has 0 unspecified atom stereocenters. The number of H-pyrrole nitrogens is 1. The van der Waals surface area contributed by atoms with Gasteiger partial charge in [0.15, 0.2) is 0 Å². The van der Waals surface area contributed by atoms with Crippen LogP contribution < -0.4 is 16.0 Å². The predicted molar refractivity (Wildman–Crippen MR) is 111 cm³/mol. The van der Waals surface area contributed by atoms with Gasteiger partial charge in [-0.25, -0.2) is 18.5 Å². The van der Waals surface area contributed by atoms with Crippen LogP contribution in [0.15, 0.2) is 40.1 Å². The van der Waals surface area contributed by atoms with E-state index in [1.165, 1.54) is 31.4 Å². The van der Waals surface area contributed by atoms with Crippen LogP contribution in [-0.4, -0.2) is 91.1 Å². The van der Waals surface area contributed by atoms with Crippen molar-refractivity contribution in [3.8, 4) is 5.75 Å². The van der Waals surface area contributed by atoms with Gasteiger partial charge in [0.1, 0.15) is 36.8 Å². The summed E-state index contributed by atoms with van der Waals surface area (Å²) >= 11 is 0. The number of aliphatic hydroxyl groups is 4. The highest BCUT2D eigenvalue weighted by Crippen LogP contribution is 2.43. The van der Waals surface area contributed by atoms with Crippen LogP contribution in [0.1, 0.15) is 15.9 Å². The molecule has 6 N–H and O–H groups in total. The lowest BCUT2D eigenvalue weighted by Crippen LogP contribution is -2.68. The number of rotatable bonds is 9. The predicted octanol–water partition coefficient (Wildman–Crippen LogP) is -2.39. The van der Waals surface area contributed by atoms with E-state index < -0.39 is 73.1 Å². The number of aliphatic hydroxyl groups excluding tert-OH is 2. The number of methoxy groups -OCH3 is 1. The van der Waals surface area contributed by atoms with Gasteiger partial charge in [-0.2, -0.15) is 0 Å². The first-order chi connectivity index (χ1) is 16.5. The monoisotopic (exact) mass is 501 g/mol. The molecular formula is C20H24FN3O11. The molecule has 3 rings (SSSR count). The number of carbonyl (C=O) groups is 1. The standard InChI is InChI=1S/C20H24FN3O11/c1-33-12-4-2-11(3-5-12)8-24(32)19(30)15(26)14(10-25)35-20(19,31)23-9-13(16(27)22-18(23)29)17(28)34-7-6-21/h2-5,9,14-15,25-26,30-32H,6-8,10H2,1H3,(H,22,27,29)/t14-,15-,19-,20-/m1/s1. The largest absolute Gasteiger partial charge is 0.497 e. The lowest BCUT2D eigenvalue weighted by molar-refractivity contribution is -0.413. The zero-order valence-corrected chi connectivity index (χ0v) is 18.3. The molecule has 0 spiro atoms. The summed E-state index contributed by atoms with van der Waals surface area (Å²) < 4.78 is 27.2. The first-order valence-corrected chi connectivity index (χ1v) is 10.1. The Morgan fingerprint density at radius 1 is 1.29 bits per heavy atom. The van der Waals surface area contributed by atoms with Crippen molar-refractivity contribution in [3.63, 3.8) is 0 Å². The Balaban J connectivity index is 2.09. The van der Waals surface area contributed by atoms with Crippen molar-refractivity contribution in [2.45, 2.75) is 30.4 Å². The Morgan fingerprint density at radius 2 is 1.94 bits per heavy atom. The number of hydrogen-bond acceptors (Lipinski definition) is 12. The smallest absolute Gasteiger partial charge is 0.345 e. The molecule has 1 fully saturated rings. The fourth-order valence-corrected chi connectivity index (χ4v) is 3.58. The third-order valence-corrected chi connectivity index (χ3v) is 5.42. The van der Waals surface area contributed by atoms with Gasteiger partial charge in [0, 0.05) is 6.20 Å². The van der Waals surface area contributed by atoms with Gasteiger partial charge < -0.3 is 39.8 Å². The molecule has 1 saturated heterocycles. The quantitative estimate of drug-likeness (QED) is 0.121. The number of ether oxygens (including phenoxy) is 3. The van der Waals surface area contributed by atoms with Gasteiger partial charge in [0.25, 0.3) is 5.56 Å². The molecule has 2 heterocycles. The van der Waals surface area contributed by atoms with Crippen LogP contribution in [-0.2, 0) is 21.9 Å². The van der Waals surface area contributed by atoms with E-state index in [1.807, 2.05) is 0 Å². The summed E-state index contributed by atoms with van der Waals surface area (Å²) in [6.45, 7) is -3.30. The molecule has 192 valence electrons. The zero-order valence-electron chi connectivity index (χ0n) is 18.3. The van der Waals surface area contributed by atoms with E-state index >= 15 is 0 Å². The lowest BCUT2D eigenvalue weighted by atomic mass is 10.00. The molecule has 0 bridgehead atoms. The number of aromatic amines is 1. The van der Waals surface area contributed by atoms with E-state index in [-0.39, 0.29) is 9.63 Å². The second-order valence-corrected chi connectivity index (χ2v) is 7.52. The van der Waals surface area contributed by atoms with Crippen LogP contribution in [0, 0.1) is 0 Å². The number of halogens is 1. The molecule has 1 aliphatic heterocycles. The van der Waals surface area contributed by atoms with Crippen molar-refractivity contribution in [2.24, 2.45) is 0 Å². The number of hydrogen-bond donors (Lipinski definition) is 6. The van der Waals surface area contributed by atoms with Gasteiger partial charge in [-0.15, -0.1) is 5.06 Å². The summed E-state index contributed by atoms with van der Waals surface area (Å²) in [6, 6.07) is 6.03. The Bertz CT molecular complexity index is 1170. The first kappa shape index (κ1) is 26.4. The summed E-state index contributed by atoms with van der Waals surface area (Å²) in [5.74, 6) is -4.26. The van der Waals surface area contributed by atoms with Gasteiger partial charge in [-0.1, -0.05) is 12.1 Å². The normalized spacial score (nSPS) is 26.2. The number of aromatic nitrogens is 2. The summed E-state index contributed by atoms with van der Waals surface area (Å²) in [4.78, 5) is 38.4. The number of benzene rings is 1. The third kappa shape index (κ3) is 4.57. The van der Waals surface area contributed by atoms with Gasteiger partial charge in [0.2, 0.25) is 5.72 Å². The Morgan fingerprint density at radius 3 is 2.51 bits per heavy atom. The van der Waals surface area contributed by atoms with Crippen LogP contribution in [0.5, 0.6) is 5.75 Å².